The van der Waals surface area contributed by atoms with Crippen LogP contribution in [0.15, 0.2) is 89.8 Å². The van der Waals surface area contributed by atoms with Crippen LogP contribution in [0.3, 0.4) is 0 Å². The minimum absolute atomic E-state index is 0.0756. The van der Waals surface area contributed by atoms with Gasteiger partial charge in [0.05, 0.1) is 4.90 Å². The zero-order valence-electron chi connectivity index (χ0n) is 14.5. The monoisotopic (exact) mass is 356 g/mol. The standard InChI is InChI=1S/2C7H8.C6H8N2O2S/c2*1-7-5-3-2-4-6-7;7-5-1-3-6(4-2-5)11(8,9)10/h2*2-6H,1H3;1-4H,7H2,(H2,8,9,10). The summed E-state index contributed by atoms with van der Waals surface area (Å²) in [4.78, 5) is 0.0756. The topological polar surface area (TPSA) is 86.2 Å². The highest BCUT2D eigenvalue weighted by atomic mass is 32.2. The van der Waals surface area contributed by atoms with Crippen LogP contribution in [0.25, 0.3) is 0 Å². The van der Waals surface area contributed by atoms with Gasteiger partial charge in [0.25, 0.3) is 0 Å². The van der Waals surface area contributed by atoms with E-state index in [0.717, 1.165) is 0 Å². The smallest absolute Gasteiger partial charge is 0.238 e. The predicted octanol–water partition coefficient (Wildman–Crippen LogP) is 3.91. The Bertz CT molecular complexity index is 794. The quantitative estimate of drug-likeness (QED) is 0.648. The molecule has 0 atom stereocenters. The molecule has 0 amide bonds. The van der Waals surface area contributed by atoms with Crippen molar-refractivity contribution in [1.29, 1.82) is 0 Å². The molecule has 4 N–H and O–H groups in total. The summed E-state index contributed by atoms with van der Waals surface area (Å²) in [7, 11) is -3.58. The first-order valence-corrected chi connectivity index (χ1v) is 9.25. The van der Waals surface area contributed by atoms with Crippen LogP contribution in [0, 0.1) is 13.8 Å². The van der Waals surface area contributed by atoms with Crippen molar-refractivity contribution in [2.75, 3.05) is 5.73 Å². The minimum atomic E-state index is -3.58. The van der Waals surface area contributed by atoms with Crippen molar-refractivity contribution in [2.24, 2.45) is 5.14 Å². The fourth-order valence-electron chi connectivity index (χ4n) is 1.73. The maximum Gasteiger partial charge on any atom is 0.238 e. The number of hydrogen-bond acceptors (Lipinski definition) is 3. The van der Waals surface area contributed by atoms with Crippen LogP contribution in [0.5, 0.6) is 0 Å². The van der Waals surface area contributed by atoms with E-state index in [9.17, 15) is 8.42 Å². The highest BCUT2D eigenvalue weighted by molar-refractivity contribution is 7.89. The molecule has 0 spiro atoms. The Morgan fingerprint density at radius 3 is 1.24 bits per heavy atom. The van der Waals surface area contributed by atoms with Gasteiger partial charge >= 0.3 is 0 Å². The maximum absolute atomic E-state index is 10.7. The first-order chi connectivity index (χ1) is 11.8. The van der Waals surface area contributed by atoms with Gasteiger partial charge in [-0.25, -0.2) is 13.6 Å². The second-order valence-corrected chi connectivity index (χ2v) is 6.98. The summed E-state index contributed by atoms with van der Waals surface area (Å²) in [5, 5.41) is 4.84. The molecule has 25 heavy (non-hydrogen) atoms. The molecular weight excluding hydrogens is 332 g/mol. The van der Waals surface area contributed by atoms with E-state index in [1.165, 1.54) is 35.4 Å². The van der Waals surface area contributed by atoms with Gasteiger partial charge in [-0.1, -0.05) is 71.8 Å². The molecule has 4 nitrogen and oxygen atoms in total. The van der Waals surface area contributed by atoms with Crippen molar-refractivity contribution in [1.82, 2.24) is 0 Å². The summed E-state index contributed by atoms with van der Waals surface area (Å²) in [5.41, 5.74) is 8.49. The lowest BCUT2D eigenvalue weighted by atomic mass is 10.2. The fraction of sp³-hybridized carbons (Fsp3) is 0.100. The summed E-state index contributed by atoms with van der Waals surface area (Å²) in [5.74, 6) is 0. The van der Waals surface area contributed by atoms with Gasteiger partial charge < -0.3 is 5.73 Å². The molecular formula is C20H24N2O2S. The van der Waals surface area contributed by atoms with Crippen LogP contribution in [0.2, 0.25) is 0 Å². The molecule has 5 heteroatoms. The molecule has 0 saturated heterocycles. The number of nitrogens with two attached hydrogens (primary N) is 2. The number of anilines is 1. The van der Waals surface area contributed by atoms with E-state index in [2.05, 4.69) is 38.1 Å². The Morgan fingerprint density at radius 1 is 0.640 bits per heavy atom. The van der Waals surface area contributed by atoms with Crippen LogP contribution < -0.4 is 10.9 Å². The average molecular weight is 356 g/mol. The number of nitrogen functional groups attached to an aromatic ring is 1. The highest BCUT2D eigenvalue weighted by Gasteiger charge is 2.04. The molecule has 0 bridgehead atoms. The Hall–Kier alpha value is -2.63. The zero-order chi connectivity index (χ0) is 18.7. The molecule has 0 aliphatic carbocycles. The Labute approximate surface area is 150 Å². The number of rotatable bonds is 1. The Kier molecular flexibility index (Phi) is 8.39. The molecule has 0 radical (unpaired) electrons. The average Bonchev–Trinajstić information content (AvgIpc) is 2.57. The third-order valence-electron chi connectivity index (χ3n) is 3.09. The van der Waals surface area contributed by atoms with Gasteiger partial charge in [-0.3, -0.25) is 0 Å². The first-order valence-electron chi connectivity index (χ1n) is 7.70. The number of sulfonamides is 1. The molecule has 132 valence electrons. The van der Waals surface area contributed by atoms with Gasteiger partial charge in [0.1, 0.15) is 0 Å². The van der Waals surface area contributed by atoms with Crippen molar-refractivity contribution in [3.05, 3.63) is 96.1 Å². The van der Waals surface area contributed by atoms with E-state index in [1.54, 1.807) is 0 Å². The van der Waals surface area contributed by atoms with Gasteiger partial charge in [-0.2, -0.15) is 0 Å². The molecule has 0 fully saturated rings. The third-order valence-corrected chi connectivity index (χ3v) is 4.02. The number of hydrogen-bond donors (Lipinski definition) is 2. The lowest BCUT2D eigenvalue weighted by molar-refractivity contribution is 0.598. The van der Waals surface area contributed by atoms with Crippen molar-refractivity contribution in [3.63, 3.8) is 0 Å². The summed E-state index contributed by atoms with van der Waals surface area (Å²) in [6.45, 7) is 4.17. The molecule has 0 aliphatic heterocycles. The molecule has 3 aromatic rings. The van der Waals surface area contributed by atoms with E-state index >= 15 is 0 Å². The molecule has 0 heterocycles. The molecule has 0 aromatic heterocycles. The Morgan fingerprint density at radius 2 is 1.00 bits per heavy atom. The molecule has 0 unspecified atom stereocenters. The van der Waals surface area contributed by atoms with Crippen molar-refractivity contribution < 1.29 is 8.42 Å². The van der Waals surface area contributed by atoms with E-state index in [1.807, 2.05) is 36.4 Å². The van der Waals surface area contributed by atoms with Gasteiger partial charge in [-0.05, 0) is 38.1 Å². The number of aryl methyl sites for hydroxylation is 2. The van der Waals surface area contributed by atoms with Gasteiger partial charge in [0.2, 0.25) is 10.0 Å². The van der Waals surface area contributed by atoms with Crippen LogP contribution in [-0.4, -0.2) is 8.42 Å². The van der Waals surface area contributed by atoms with Crippen molar-refractivity contribution in [3.8, 4) is 0 Å². The third kappa shape index (κ3) is 9.30. The number of benzene rings is 3. The second kappa shape index (κ2) is 10.3. The fourth-order valence-corrected chi connectivity index (χ4v) is 2.24. The first kappa shape index (κ1) is 20.4. The summed E-state index contributed by atoms with van der Waals surface area (Å²) < 4.78 is 21.4. The second-order valence-electron chi connectivity index (χ2n) is 5.42. The van der Waals surface area contributed by atoms with Gasteiger partial charge in [-0.15, -0.1) is 0 Å². The van der Waals surface area contributed by atoms with E-state index in [0.29, 0.717) is 5.69 Å². The van der Waals surface area contributed by atoms with E-state index in [-0.39, 0.29) is 4.90 Å². The highest BCUT2D eigenvalue weighted by Crippen LogP contribution is 2.08. The SMILES string of the molecule is Cc1ccccc1.Cc1ccccc1.Nc1ccc(S(N)(=O)=O)cc1. The molecule has 3 rings (SSSR count). The van der Waals surface area contributed by atoms with Crippen molar-refractivity contribution >= 4 is 15.7 Å². The Balaban J connectivity index is 0.000000195. The van der Waals surface area contributed by atoms with E-state index in [4.69, 9.17) is 10.9 Å². The lowest BCUT2D eigenvalue weighted by Crippen LogP contribution is -2.11. The van der Waals surface area contributed by atoms with Crippen LogP contribution in [0.1, 0.15) is 11.1 Å². The van der Waals surface area contributed by atoms with Crippen LogP contribution >= 0.6 is 0 Å². The minimum Gasteiger partial charge on any atom is -0.399 e. The predicted molar refractivity (Wildman–Crippen MR) is 105 cm³/mol. The van der Waals surface area contributed by atoms with Crippen LogP contribution in [-0.2, 0) is 10.0 Å². The van der Waals surface area contributed by atoms with Crippen molar-refractivity contribution in [2.45, 2.75) is 18.7 Å². The maximum atomic E-state index is 10.7. The molecule has 0 aliphatic rings. The van der Waals surface area contributed by atoms with Gasteiger partial charge in [0, 0.05) is 5.69 Å². The van der Waals surface area contributed by atoms with Gasteiger partial charge in [0.15, 0.2) is 0 Å². The van der Waals surface area contributed by atoms with Crippen LogP contribution in [0.4, 0.5) is 5.69 Å². The largest absolute Gasteiger partial charge is 0.399 e. The molecule has 0 saturated carbocycles. The summed E-state index contributed by atoms with van der Waals surface area (Å²) in [6.07, 6.45) is 0. The lowest BCUT2D eigenvalue weighted by Gasteiger charge is -1.96. The number of primary sulfonamides is 1. The normalized spacial score (nSPS) is 9.88. The summed E-state index contributed by atoms with van der Waals surface area (Å²) in [6, 6.07) is 26.2. The zero-order valence-corrected chi connectivity index (χ0v) is 15.3. The summed E-state index contributed by atoms with van der Waals surface area (Å²) >= 11 is 0. The van der Waals surface area contributed by atoms with E-state index < -0.39 is 10.0 Å². The molecule has 3 aromatic carbocycles.